The van der Waals surface area contributed by atoms with E-state index in [1.165, 1.54) is 0 Å². The van der Waals surface area contributed by atoms with E-state index in [0.29, 0.717) is 12.8 Å². The number of allylic oxidation sites excluding steroid dienone is 20. The molecule has 0 heterocycles. The second-order valence-corrected chi connectivity index (χ2v) is 15.8. The number of hydrogen-bond acceptors (Lipinski definition) is 6. The lowest BCUT2D eigenvalue weighted by Crippen LogP contribution is -2.47. The highest BCUT2D eigenvalue weighted by Crippen LogP contribution is 2.17. The maximum absolute atomic E-state index is 12.8. The number of carboxylic acids is 1. The number of esters is 1. The summed E-state index contributed by atoms with van der Waals surface area (Å²) in [6.45, 7) is 3.23. The van der Waals surface area contributed by atoms with Gasteiger partial charge in [0.1, 0.15) is 12.1 Å². The van der Waals surface area contributed by atoms with Gasteiger partial charge in [-0.25, -0.2) is 4.79 Å². The second-order valence-electron chi connectivity index (χ2n) is 15.8. The molecule has 358 valence electrons. The minimum atomic E-state index is -1.40. The molecule has 0 aromatic carbocycles. The van der Waals surface area contributed by atoms with Gasteiger partial charge >= 0.3 is 11.9 Å². The molecule has 0 fully saturated rings. The van der Waals surface area contributed by atoms with E-state index in [-0.39, 0.29) is 30.9 Å². The zero-order valence-corrected chi connectivity index (χ0v) is 39.7. The van der Waals surface area contributed by atoms with Crippen molar-refractivity contribution in [1.29, 1.82) is 0 Å². The number of aliphatic hydroxyl groups excluding tert-OH is 1. The number of hydrogen-bond donors (Lipinski definition) is 4. The summed E-state index contributed by atoms with van der Waals surface area (Å²) in [4.78, 5) is 47.7. The average Bonchev–Trinajstić information content (AvgIpc) is 3.28. The largest absolute Gasteiger partial charge is 0.480 e. The molecule has 0 saturated carbocycles. The summed E-state index contributed by atoms with van der Waals surface area (Å²) < 4.78 is 6.00. The third kappa shape index (κ3) is 43.9. The Bertz CT molecular complexity index is 1480. The molecule has 0 aromatic rings. The van der Waals surface area contributed by atoms with Crippen molar-refractivity contribution in [3.8, 4) is 0 Å². The van der Waals surface area contributed by atoms with Crippen molar-refractivity contribution in [3.05, 3.63) is 122 Å². The molecule has 0 radical (unpaired) electrons. The molecule has 9 nitrogen and oxygen atoms in total. The van der Waals surface area contributed by atoms with Crippen LogP contribution in [-0.4, -0.2) is 59.3 Å². The summed E-state index contributed by atoms with van der Waals surface area (Å²) in [6.07, 6.45) is 66.6. The Kier molecular flexibility index (Phi) is 44.2. The van der Waals surface area contributed by atoms with Crippen LogP contribution in [0.3, 0.4) is 0 Å². The first kappa shape index (κ1) is 59.2. The van der Waals surface area contributed by atoms with Crippen LogP contribution in [-0.2, 0) is 23.9 Å². The fraction of sp³-hybridized carbons (Fsp3) is 0.564. The molecular weight excluding hydrogens is 801 g/mol. The van der Waals surface area contributed by atoms with E-state index < -0.39 is 24.5 Å². The maximum Gasteiger partial charge on any atom is 0.328 e. The van der Waals surface area contributed by atoms with E-state index in [1.54, 1.807) is 0 Å². The van der Waals surface area contributed by atoms with E-state index in [0.717, 1.165) is 141 Å². The number of aliphatic hydroxyl groups is 1. The van der Waals surface area contributed by atoms with E-state index in [2.05, 4.69) is 146 Å². The highest BCUT2D eigenvalue weighted by atomic mass is 16.5. The molecule has 4 N–H and O–H groups in total. The maximum atomic E-state index is 12.8. The van der Waals surface area contributed by atoms with Gasteiger partial charge in [0.2, 0.25) is 11.8 Å². The predicted molar refractivity (Wildman–Crippen MR) is 268 cm³/mol. The SMILES string of the molecule is CC/C=C\C/C=C\C/C=C\C/C=C\C/C=C\C/C=C\CCCCCCC(=O)OC(CC/C=C\C/C=C\C/C=C\C/C=C\CC)CCCCCCCC(=O)NCC(=O)NC(CO)C(=O)O. The van der Waals surface area contributed by atoms with Gasteiger partial charge in [-0.3, -0.25) is 14.4 Å². The van der Waals surface area contributed by atoms with Crippen LogP contribution in [0.25, 0.3) is 0 Å². The van der Waals surface area contributed by atoms with Crippen LogP contribution in [0.15, 0.2) is 122 Å². The standard InChI is InChI=1S/C55H86N2O7/c1-3-5-7-9-11-13-15-17-18-19-20-21-22-23-24-25-26-28-30-32-34-39-43-47-54(61)64-50(44-40-36-33-31-29-27-16-14-12-10-8-6-4-2)45-41-37-35-38-42-46-52(59)56-48-53(60)57-51(49-58)55(62)63/h5-8,11-14,17-18,20-21,23-24,26-29,33,36,50-51,58H,3-4,9-10,15-16,19,22,25,30-32,34-35,37-49H2,1-2H3,(H,56,59)(H,57,60)(H,62,63)/b7-5-,8-6-,13-11-,14-12-,18-17-,21-20-,24-23-,28-26-,29-27-,36-33-. The van der Waals surface area contributed by atoms with Crippen molar-refractivity contribution in [2.75, 3.05) is 13.2 Å². The van der Waals surface area contributed by atoms with E-state index >= 15 is 0 Å². The molecule has 0 aliphatic rings. The van der Waals surface area contributed by atoms with Crippen LogP contribution in [0, 0.1) is 0 Å². The van der Waals surface area contributed by atoms with Gasteiger partial charge in [0.05, 0.1) is 13.2 Å². The number of aliphatic carboxylic acids is 1. The molecule has 0 rings (SSSR count). The van der Waals surface area contributed by atoms with Crippen LogP contribution in [0.5, 0.6) is 0 Å². The minimum absolute atomic E-state index is 0.110. The molecule has 2 atom stereocenters. The molecular formula is C55H86N2O7. The summed E-state index contributed by atoms with van der Waals surface area (Å²) >= 11 is 0. The van der Waals surface area contributed by atoms with E-state index in [1.807, 2.05) is 0 Å². The molecule has 9 heteroatoms. The number of unbranched alkanes of at least 4 members (excludes halogenated alkanes) is 8. The predicted octanol–water partition coefficient (Wildman–Crippen LogP) is 12.9. The van der Waals surface area contributed by atoms with Crippen LogP contribution >= 0.6 is 0 Å². The third-order valence-electron chi connectivity index (χ3n) is 9.96. The number of ether oxygens (including phenoxy) is 1. The van der Waals surface area contributed by atoms with Gasteiger partial charge in [-0.1, -0.05) is 167 Å². The quantitative estimate of drug-likeness (QED) is 0.0272. The first-order chi connectivity index (χ1) is 31.3. The molecule has 2 amide bonds. The van der Waals surface area contributed by atoms with Crippen LogP contribution in [0.1, 0.15) is 174 Å². The molecule has 0 spiro atoms. The first-order valence-corrected chi connectivity index (χ1v) is 24.4. The van der Waals surface area contributed by atoms with Crippen molar-refractivity contribution in [1.82, 2.24) is 10.6 Å². The Morgan fingerprint density at radius 3 is 1.34 bits per heavy atom. The Balaban J connectivity index is 4.45. The highest BCUT2D eigenvalue weighted by molar-refractivity contribution is 5.87. The Morgan fingerprint density at radius 2 is 0.875 bits per heavy atom. The van der Waals surface area contributed by atoms with E-state index in [9.17, 15) is 19.2 Å². The lowest BCUT2D eigenvalue weighted by Gasteiger charge is -2.17. The van der Waals surface area contributed by atoms with Crippen molar-refractivity contribution < 1.29 is 34.1 Å². The summed E-state index contributed by atoms with van der Waals surface area (Å²) in [6, 6.07) is -1.40. The Morgan fingerprint density at radius 1 is 0.469 bits per heavy atom. The zero-order valence-electron chi connectivity index (χ0n) is 39.7. The summed E-state index contributed by atoms with van der Waals surface area (Å²) in [5.41, 5.74) is 0. The van der Waals surface area contributed by atoms with Gasteiger partial charge in [-0.05, 0) is 116 Å². The lowest BCUT2D eigenvalue weighted by molar-refractivity contribution is -0.150. The van der Waals surface area contributed by atoms with Gasteiger partial charge < -0.3 is 25.6 Å². The summed E-state index contributed by atoms with van der Waals surface area (Å²) in [5.74, 6) is -2.40. The summed E-state index contributed by atoms with van der Waals surface area (Å²) in [5, 5.41) is 22.6. The van der Waals surface area contributed by atoms with Crippen LogP contribution in [0.4, 0.5) is 0 Å². The van der Waals surface area contributed by atoms with Gasteiger partial charge in [-0.2, -0.15) is 0 Å². The van der Waals surface area contributed by atoms with Crippen molar-refractivity contribution in [2.24, 2.45) is 0 Å². The smallest absolute Gasteiger partial charge is 0.328 e. The van der Waals surface area contributed by atoms with Crippen LogP contribution < -0.4 is 10.6 Å². The molecule has 0 aromatic heterocycles. The average molecular weight is 887 g/mol. The molecule has 0 aliphatic carbocycles. The number of rotatable bonds is 42. The number of carbonyl (C=O) groups excluding carboxylic acids is 3. The van der Waals surface area contributed by atoms with Gasteiger partial charge in [0, 0.05) is 12.8 Å². The third-order valence-corrected chi connectivity index (χ3v) is 9.96. The lowest BCUT2D eigenvalue weighted by atomic mass is 10.0. The Hall–Kier alpha value is -4.76. The number of amides is 2. The fourth-order valence-corrected chi connectivity index (χ4v) is 6.30. The molecule has 0 saturated heterocycles. The van der Waals surface area contributed by atoms with Crippen molar-refractivity contribution in [2.45, 2.75) is 187 Å². The molecule has 2 unspecified atom stereocenters. The number of carbonyl (C=O) groups is 4. The fourth-order valence-electron chi connectivity index (χ4n) is 6.30. The minimum Gasteiger partial charge on any atom is -0.480 e. The topological polar surface area (TPSA) is 142 Å². The second kappa shape index (κ2) is 47.7. The molecule has 0 aliphatic heterocycles. The molecule has 64 heavy (non-hydrogen) atoms. The zero-order chi connectivity index (χ0) is 46.8. The van der Waals surface area contributed by atoms with Gasteiger partial charge in [-0.15, -0.1) is 0 Å². The highest BCUT2D eigenvalue weighted by Gasteiger charge is 2.19. The van der Waals surface area contributed by atoms with Gasteiger partial charge in [0.25, 0.3) is 0 Å². The molecule has 0 bridgehead atoms. The number of nitrogens with one attached hydrogen (secondary N) is 2. The van der Waals surface area contributed by atoms with Crippen LogP contribution in [0.2, 0.25) is 0 Å². The first-order valence-electron chi connectivity index (χ1n) is 24.4. The van der Waals surface area contributed by atoms with Crippen molar-refractivity contribution >= 4 is 23.8 Å². The summed E-state index contributed by atoms with van der Waals surface area (Å²) in [7, 11) is 0. The normalized spacial score (nSPS) is 13.5. The van der Waals surface area contributed by atoms with Crippen molar-refractivity contribution in [3.63, 3.8) is 0 Å². The van der Waals surface area contributed by atoms with Gasteiger partial charge in [0.15, 0.2) is 0 Å². The monoisotopic (exact) mass is 887 g/mol. The number of carboxylic acid groups (broad SMARTS) is 1. The van der Waals surface area contributed by atoms with E-state index in [4.69, 9.17) is 14.9 Å². The Labute approximate surface area is 388 Å².